The van der Waals surface area contributed by atoms with Crippen molar-refractivity contribution in [2.45, 2.75) is 24.1 Å². The summed E-state index contributed by atoms with van der Waals surface area (Å²) in [6.45, 7) is 4.21. The summed E-state index contributed by atoms with van der Waals surface area (Å²) in [5, 5.41) is 0.609. The highest BCUT2D eigenvalue weighted by atomic mass is 32.2. The molecule has 0 aromatic heterocycles. The molecule has 0 aliphatic carbocycles. The van der Waals surface area contributed by atoms with Crippen LogP contribution in [0, 0.1) is 6.92 Å². The van der Waals surface area contributed by atoms with Gasteiger partial charge in [0, 0.05) is 38.7 Å². The lowest BCUT2D eigenvalue weighted by Crippen LogP contribution is -2.57. The number of hydrogen-bond donors (Lipinski definition) is 1. The number of carbonyl (C=O) groups excluding carboxylic acids is 3. The van der Waals surface area contributed by atoms with E-state index in [0.717, 1.165) is 5.56 Å². The third kappa shape index (κ3) is 5.51. The number of hydrogen-bond acceptors (Lipinski definition) is 6. The van der Waals surface area contributed by atoms with Crippen LogP contribution in [0.4, 0.5) is 0 Å². The van der Waals surface area contributed by atoms with Crippen molar-refractivity contribution in [3.63, 3.8) is 0 Å². The van der Waals surface area contributed by atoms with Crippen LogP contribution in [0.1, 0.15) is 22.8 Å². The maximum atomic E-state index is 13.4. The molecule has 0 saturated carbocycles. The standard InChI is InChI=1S/C23H27N3O6S/c1-16-4-10-20(11-5-16)33(30,31)22(23(29)26-14-12-25(13-15-26)17(2)27)24-21(28)18-6-8-19(32-3)9-7-18/h4-11,22H,12-15H2,1-3H3,(H,24,28)/t22-/m1/s1. The molecule has 10 heteroatoms. The zero-order chi connectivity index (χ0) is 24.2. The molecule has 1 heterocycles. The van der Waals surface area contributed by atoms with Crippen molar-refractivity contribution in [2.75, 3.05) is 33.3 Å². The van der Waals surface area contributed by atoms with Gasteiger partial charge < -0.3 is 19.9 Å². The van der Waals surface area contributed by atoms with Crippen LogP contribution in [0.15, 0.2) is 53.4 Å². The number of benzene rings is 2. The zero-order valence-corrected chi connectivity index (χ0v) is 19.6. The van der Waals surface area contributed by atoms with Crippen molar-refractivity contribution in [3.8, 4) is 5.75 Å². The molecule has 176 valence electrons. The average Bonchev–Trinajstić information content (AvgIpc) is 2.82. The van der Waals surface area contributed by atoms with Gasteiger partial charge in [-0.05, 0) is 43.3 Å². The lowest BCUT2D eigenvalue weighted by Gasteiger charge is -2.36. The third-order valence-electron chi connectivity index (χ3n) is 5.54. The summed E-state index contributed by atoms with van der Waals surface area (Å²) in [6.07, 6.45) is 0. The van der Waals surface area contributed by atoms with Crippen LogP contribution in [0.2, 0.25) is 0 Å². The maximum Gasteiger partial charge on any atom is 0.261 e. The minimum atomic E-state index is -4.24. The van der Waals surface area contributed by atoms with Crippen LogP contribution in [0.5, 0.6) is 5.75 Å². The van der Waals surface area contributed by atoms with Crippen molar-refractivity contribution < 1.29 is 27.5 Å². The first-order valence-corrected chi connectivity index (χ1v) is 12.0. The van der Waals surface area contributed by atoms with Gasteiger partial charge in [-0.15, -0.1) is 0 Å². The predicted molar refractivity (Wildman–Crippen MR) is 121 cm³/mol. The summed E-state index contributed by atoms with van der Waals surface area (Å²) < 4.78 is 31.9. The van der Waals surface area contributed by atoms with E-state index < -0.39 is 27.0 Å². The molecule has 1 aliphatic rings. The van der Waals surface area contributed by atoms with E-state index in [2.05, 4.69) is 5.32 Å². The van der Waals surface area contributed by atoms with Crippen molar-refractivity contribution in [1.82, 2.24) is 15.1 Å². The second-order valence-electron chi connectivity index (χ2n) is 7.77. The van der Waals surface area contributed by atoms with Gasteiger partial charge in [-0.3, -0.25) is 14.4 Å². The van der Waals surface area contributed by atoms with Crippen molar-refractivity contribution in [1.29, 1.82) is 0 Å². The van der Waals surface area contributed by atoms with Crippen molar-refractivity contribution >= 4 is 27.6 Å². The number of ether oxygens (including phenoxy) is 1. The number of sulfone groups is 1. The average molecular weight is 474 g/mol. The molecule has 1 N–H and O–H groups in total. The third-order valence-corrected chi connectivity index (χ3v) is 7.40. The van der Waals surface area contributed by atoms with E-state index in [0.29, 0.717) is 18.8 Å². The van der Waals surface area contributed by atoms with Crippen LogP contribution in [0.25, 0.3) is 0 Å². The van der Waals surface area contributed by atoms with Crippen molar-refractivity contribution in [2.24, 2.45) is 0 Å². The molecule has 2 aromatic rings. The number of carbonyl (C=O) groups is 3. The number of aryl methyl sites for hydroxylation is 1. The molecule has 2 aromatic carbocycles. The summed E-state index contributed by atoms with van der Waals surface area (Å²) in [4.78, 5) is 40.7. The van der Waals surface area contributed by atoms with Gasteiger partial charge in [0.05, 0.1) is 12.0 Å². The number of nitrogens with one attached hydrogen (secondary N) is 1. The topological polar surface area (TPSA) is 113 Å². The molecule has 0 radical (unpaired) electrons. The molecule has 3 rings (SSSR count). The Morgan fingerprint density at radius 2 is 1.45 bits per heavy atom. The minimum absolute atomic E-state index is 0.0659. The Labute approximate surface area is 193 Å². The quantitative estimate of drug-likeness (QED) is 0.675. The molecule has 0 bridgehead atoms. The lowest BCUT2D eigenvalue weighted by atomic mass is 10.2. The first-order valence-electron chi connectivity index (χ1n) is 10.4. The van der Waals surface area contributed by atoms with Crippen LogP contribution in [0.3, 0.4) is 0 Å². The first kappa shape index (κ1) is 24.2. The molecule has 1 aliphatic heterocycles. The van der Waals surface area contributed by atoms with E-state index in [1.54, 1.807) is 29.2 Å². The normalized spacial score (nSPS) is 15.0. The molecular weight excluding hydrogens is 446 g/mol. The highest BCUT2D eigenvalue weighted by molar-refractivity contribution is 7.92. The largest absolute Gasteiger partial charge is 0.497 e. The van der Waals surface area contributed by atoms with Gasteiger partial charge in [0.1, 0.15) is 5.75 Å². The molecule has 1 atom stereocenters. The Hall–Kier alpha value is -3.40. The summed E-state index contributed by atoms with van der Waals surface area (Å²) in [6, 6.07) is 12.2. The predicted octanol–water partition coefficient (Wildman–Crippen LogP) is 1.22. The summed E-state index contributed by atoms with van der Waals surface area (Å²) in [7, 11) is -2.75. The van der Waals surface area contributed by atoms with Crippen LogP contribution in [-0.4, -0.2) is 74.6 Å². The SMILES string of the molecule is COc1ccc(C(=O)N[C@@H](C(=O)N2CCN(C(C)=O)CC2)S(=O)(=O)c2ccc(C)cc2)cc1. The number of rotatable bonds is 6. The van der Waals surface area contributed by atoms with E-state index in [1.807, 2.05) is 6.92 Å². The molecule has 0 spiro atoms. The Morgan fingerprint density at radius 1 is 0.909 bits per heavy atom. The number of nitrogens with zero attached hydrogens (tertiary/aromatic N) is 2. The second-order valence-corrected chi connectivity index (χ2v) is 9.80. The van der Waals surface area contributed by atoms with E-state index in [9.17, 15) is 22.8 Å². The first-order chi connectivity index (χ1) is 15.6. The van der Waals surface area contributed by atoms with Gasteiger partial charge >= 0.3 is 0 Å². The van der Waals surface area contributed by atoms with Gasteiger partial charge in [0.15, 0.2) is 0 Å². The fraction of sp³-hybridized carbons (Fsp3) is 0.348. The Morgan fingerprint density at radius 3 is 1.97 bits per heavy atom. The van der Waals surface area contributed by atoms with Crippen LogP contribution >= 0.6 is 0 Å². The Bertz CT molecular complexity index is 1120. The molecule has 9 nitrogen and oxygen atoms in total. The summed E-state index contributed by atoms with van der Waals surface area (Å²) >= 11 is 0. The Kier molecular flexibility index (Phi) is 7.37. The smallest absolute Gasteiger partial charge is 0.261 e. The van der Waals surface area contributed by atoms with Gasteiger partial charge in [-0.2, -0.15) is 0 Å². The molecule has 1 fully saturated rings. The summed E-state index contributed by atoms with van der Waals surface area (Å²) in [5.74, 6) is -1.01. The minimum Gasteiger partial charge on any atom is -0.497 e. The van der Waals surface area contributed by atoms with Gasteiger partial charge in [0.25, 0.3) is 11.8 Å². The van der Waals surface area contributed by atoms with Crippen LogP contribution in [-0.2, 0) is 19.4 Å². The maximum absolute atomic E-state index is 13.4. The molecule has 0 unspecified atom stereocenters. The highest BCUT2D eigenvalue weighted by Gasteiger charge is 2.39. The number of amides is 3. The van der Waals surface area contributed by atoms with Gasteiger partial charge in [0.2, 0.25) is 21.1 Å². The number of piperazine rings is 1. The molecular formula is C23H27N3O6S. The van der Waals surface area contributed by atoms with E-state index >= 15 is 0 Å². The Balaban J connectivity index is 1.90. The van der Waals surface area contributed by atoms with E-state index in [-0.39, 0.29) is 29.5 Å². The molecule has 3 amide bonds. The van der Waals surface area contributed by atoms with Crippen LogP contribution < -0.4 is 10.1 Å². The lowest BCUT2D eigenvalue weighted by molar-refractivity contribution is -0.138. The monoisotopic (exact) mass is 473 g/mol. The molecule has 33 heavy (non-hydrogen) atoms. The highest BCUT2D eigenvalue weighted by Crippen LogP contribution is 2.19. The number of methoxy groups -OCH3 is 1. The second kappa shape index (κ2) is 10.0. The molecule has 1 saturated heterocycles. The fourth-order valence-corrected chi connectivity index (χ4v) is 4.95. The van der Waals surface area contributed by atoms with Gasteiger partial charge in [-0.1, -0.05) is 17.7 Å². The summed E-state index contributed by atoms with van der Waals surface area (Å²) in [5.41, 5.74) is 1.05. The van der Waals surface area contributed by atoms with E-state index in [1.165, 1.54) is 43.2 Å². The fourth-order valence-electron chi connectivity index (χ4n) is 3.49. The van der Waals surface area contributed by atoms with Gasteiger partial charge in [-0.25, -0.2) is 8.42 Å². The zero-order valence-electron chi connectivity index (χ0n) is 18.8. The van der Waals surface area contributed by atoms with Crippen molar-refractivity contribution in [3.05, 3.63) is 59.7 Å². The van der Waals surface area contributed by atoms with E-state index in [4.69, 9.17) is 4.74 Å².